The molecular formula is C18H17ClO2. The molecule has 0 unspecified atom stereocenters. The van der Waals surface area contributed by atoms with Crippen LogP contribution in [0, 0.1) is 0 Å². The smallest absolute Gasteiger partial charge is 0.196 e. The van der Waals surface area contributed by atoms with Gasteiger partial charge in [-0.15, -0.1) is 0 Å². The maximum atomic E-state index is 12.7. The van der Waals surface area contributed by atoms with Crippen LogP contribution in [0.1, 0.15) is 46.8 Å². The summed E-state index contributed by atoms with van der Waals surface area (Å²) >= 11 is 6.12. The third-order valence-corrected chi connectivity index (χ3v) is 4.05. The molecule has 1 heterocycles. The molecule has 0 N–H and O–H groups in total. The van der Waals surface area contributed by atoms with E-state index in [-0.39, 0.29) is 5.78 Å². The van der Waals surface area contributed by atoms with Crippen LogP contribution in [0.4, 0.5) is 0 Å². The Bertz CT molecular complexity index is 687. The summed E-state index contributed by atoms with van der Waals surface area (Å²) in [6.45, 7) is 4.88. The fraction of sp³-hybridized carbons (Fsp3) is 0.278. The topological polar surface area (TPSA) is 26.3 Å². The van der Waals surface area contributed by atoms with Gasteiger partial charge in [-0.05, 0) is 29.2 Å². The molecule has 0 aliphatic carbocycles. The number of carbonyl (C=O) groups excluding carboxylic acids is 1. The first-order valence-corrected chi connectivity index (χ1v) is 7.54. The van der Waals surface area contributed by atoms with Gasteiger partial charge >= 0.3 is 0 Å². The quantitative estimate of drug-likeness (QED) is 0.773. The molecule has 0 amide bonds. The van der Waals surface area contributed by atoms with Crippen molar-refractivity contribution in [2.45, 2.75) is 26.2 Å². The molecule has 0 saturated carbocycles. The van der Waals surface area contributed by atoms with Crippen LogP contribution in [0.5, 0.6) is 5.75 Å². The van der Waals surface area contributed by atoms with Gasteiger partial charge in [-0.25, -0.2) is 0 Å². The van der Waals surface area contributed by atoms with Crippen LogP contribution in [0.15, 0.2) is 36.4 Å². The van der Waals surface area contributed by atoms with E-state index in [0.29, 0.717) is 34.4 Å². The van der Waals surface area contributed by atoms with Crippen molar-refractivity contribution in [3.05, 3.63) is 63.7 Å². The summed E-state index contributed by atoms with van der Waals surface area (Å²) in [6, 6.07) is 11.3. The average molecular weight is 301 g/mol. The largest absolute Gasteiger partial charge is 0.492 e. The van der Waals surface area contributed by atoms with Gasteiger partial charge in [0.1, 0.15) is 5.75 Å². The van der Waals surface area contributed by atoms with Gasteiger partial charge in [0.2, 0.25) is 0 Å². The summed E-state index contributed by atoms with van der Waals surface area (Å²) in [5.74, 6) is 1.11. The zero-order valence-electron chi connectivity index (χ0n) is 12.2. The number of rotatable bonds is 3. The Morgan fingerprint density at radius 1 is 1.19 bits per heavy atom. The molecule has 3 heteroatoms. The van der Waals surface area contributed by atoms with E-state index in [9.17, 15) is 4.79 Å². The van der Waals surface area contributed by atoms with Gasteiger partial charge in [0.15, 0.2) is 5.78 Å². The molecule has 0 radical (unpaired) electrons. The van der Waals surface area contributed by atoms with E-state index < -0.39 is 0 Å². The van der Waals surface area contributed by atoms with Crippen LogP contribution in [-0.2, 0) is 6.42 Å². The Morgan fingerprint density at radius 3 is 2.57 bits per heavy atom. The molecule has 1 aliphatic heterocycles. The van der Waals surface area contributed by atoms with E-state index in [1.807, 2.05) is 30.3 Å². The molecule has 2 aromatic carbocycles. The number of halogens is 1. The van der Waals surface area contributed by atoms with Crippen LogP contribution < -0.4 is 4.74 Å². The number of benzene rings is 2. The summed E-state index contributed by atoms with van der Waals surface area (Å²) in [4.78, 5) is 12.7. The number of ether oxygens (including phenoxy) is 1. The van der Waals surface area contributed by atoms with Crippen LogP contribution in [0.3, 0.4) is 0 Å². The molecule has 2 aromatic rings. The Hall–Kier alpha value is -1.80. The van der Waals surface area contributed by atoms with Gasteiger partial charge in [0.25, 0.3) is 0 Å². The lowest BCUT2D eigenvalue weighted by molar-refractivity contribution is 0.103. The molecule has 0 saturated heterocycles. The minimum atomic E-state index is -0.0362. The lowest BCUT2D eigenvalue weighted by Crippen LogP contribution is -2.04. The fourth-order valence-electron chi connectivity index (χ4n) is 2.61. The van der Waals surface area contributed by atoms with E-state index in [1.54, 1.807) is 6.07 Å². The molecule has 0 bridgehead atoms. The van der Waals surface area contributed by atoms with Gasteiger partial charge in [0.05, 0.1) is 12.2 Å². The molecule has 108 valence electrons. The molecule has 1 aliphatic rings. The Morgan fingerprint density at radius 2 is 1.90 bits per heavy atom. The van der Waals surface area contributed by atoms with Crippen molar-refractivity contribution in [1.29, 1.82) is 0 Å². The number of fused-ring (bicyclic) bond motifs is 1. The highest BCUT2D eigenvalue weighted by Crippen LogP contribution is 2.34. The summed E-state index contributed by atoms with van der Waals surface area (Å²) < 4.78 is 5.61. The first-order valence-electron chi connectivity index (χ1n) is 7.16. The third-order valence-electron chi connectivity index (χ3n) is 3.83. The van der Waals surface area contributed by atoms with Crippen molar-refractivity contribution in [2.24, 2.45) is 0 Å². The SMILES string of the molecule is CC(C)c1ccc(C(=O)c2cc(Cl)cc3c2OCC3)cc1. The Labute approximate surface area is 129 Å². The van der Waals surface area contributed by atoms with Crippen LogP contribution in [-0.4, -0.2) is 12.4 Å². The molecule has 3 rings (SSSR count). The zero-order chi connectivity index (χ0) is 15.0. The van der Waals surface area contributed by atoms with E-state index >= 15 is 0 Å². The van der Waals surface area contributed by atoms with Crippen molar-refractivity contribution in [2.75, 3.05) is 6.61 Å². The lowest BCUT2D eigenvalue weighted by atomic mass is 9.96. The summed E-state index contributed by atoms with van der Waals surface area (Å²) in [5.41, 5.74) is 3.47. The highest BCUT2D eigenvalue weighted by Gasteiger charge is 2.22. The molecule has 2 nitrogen and oxygen atoms in total. The van der Waals surface area contributed by atoms with Crippen molar-refractivity contribution in [1.82, 2.24) is 0 Å². The predicted molar refractivity (Wildman–Crippen MR) is 84.6 cm³/mol. The molecule has 21 heavy (non-hydrogen) atoms. The summed E-state index contributed by atoms with van der Waals surface area (Å²) in [7, 11) is 0. The maximum absolute atomic E-state index is 12.7. The van der Waals surface area contributed by atoms with Crippen molar-refractivity contribution in [3.8, 4) is 5.75 Å². The second kappa shape index (κ2) is 5.53. The van der Waals surface area contributed by atoms with E-state index in [0.717, 1.165) is 12.0 Å². The number of hydrogen-bond acceptors (Lipinski definition) is 2. The van der Waals surface area contributed by atoms with Crippen molar-refractivity contribution >= 4 is 17.4 Å². The molecule has 0 fully saturated rings. The van der Waals surface area contributed by atoms with Gasteiger partial charge < -0.3 is 4.74 Å². The molecular weight excluding hydrogens is 284 g/mol. The van der Waals surface area contributed by atoms with Crippen molar-refractivity contribution < 1.29 is 9.53 Å². The number of carbonyl (C=O) groups is 1. The van der Waals surface area contributed by atoms with E-state index in [2.05, 4.69) is 13.8 Å². The standard InChI is InChI=1S/C18H17ClO2/c1-11(2)12-3-5-13(6-4-12)17(20)16-10-15(19)9-14-7-8-21-18(14)16/h3-6,9-11H,7-8H2,1-2H3. The number of hydrogen-bond donors (Lipinski definition) is 0. The van der Waals surface area contributed by atoms with Gasteiger partial charge in [-0.3, -0.25) is 4.79 Å². The molecule has 0 aromatic heterocycles. The average Bonchev–Trinajstić information content (AvgIpc) is 2.93. The lowest BCUT2D eigenvalue weighted by Gasteiger charge is -2.10. The highest BCUT2D eigenvalue weighted by atomic mass is 35.5. The Kier molecular flexibility index (Phi) is 3.73. The molecule has 0 atom stereocenters. The summed E-state index contributed by atoms with van der Waals surface area (Å²) in [6.07, 6.45) is 0.808. The van der Waals surface area contributed by atoms with Crippen LogP contribution >= 0.6 is 11.6 Å². The second-order valence-corrected chi connectivity index (χ2v) is 6.08. The van der Waals surface area contributed by atoms with Crippen LogP contribution in [0.2, 0.25) is 5.02 Å². The minimum Gasteiger partial charge on any atom is -0.492 e. The van der Waals surface area contributed by atoms with Gasteiger partial charge in [-0.2, -0.15) is 0 Å². The highest BCUT2D eigenvalue weighted by molar-refractivity contribution is 6.31. The fourth-order valence-corrected chi connectivity index (χ4v) is 2.85. The van der Waals surface area contributed by atoms with Crippen LogP contribution in [0.25, 0.3) is 0 Å². The minimum absolute atomic E-state index is 0.0362. The van der Waals surface area contributed by atoms with E-state index in [1.165, 1.54) is 5.56 Å². The first-order chi connectivity index (χ1) is 10.1. The van der Waals surface area contributed by atoms with E-state index in [4.69, 9.17) is 16.3 Å². The molecule has 0 spiro atoms. The number of ketones is 1. The Balaban J connectivity index is 1.99. The normalized spacial score (nSPS) is 13.1. The monoisotopic (exact) mass is 300 g/mol. The first kappa shape index (κ1) is 14.2. The second-order valence-electron chi connectivity index (χ2n) is 5.65. The summed E-state index contributed by atoms with van der Waals surface area (Å²) in [5, 5.41) is 0.585. The zero-order valence-corrected chi connectivity index (χ0v) is 12.9. The van der Waals surface area contributed by atoms with Crippen molar-refractivity contribution in [3.63, 3.8) is 0 Å². The maximum Gasteiger partial charge on any atom is 0.196 e. The van der Waals surface area contributed by atoms with Gasteiger partial charge in [0, 0.05) is 17.0 Å². The third kappa shape index (κ3) is 2.68. The predicted octanol–water partition coefficient (Wildman–Crippen LogP) is 4.63. The van der Waals surface area contributed by atoms with Gasteiger partial charge in [-0.1, -0.05) is 49.7 Å².